The third-order valence-corrected chi connectivity index (χ3v) is 3.75. The Balaban J connectivity index is 1.93. The Morgan fingerprint density at radius 1 is 1.08 bits per heavy atom. The second-order valence-corrected chi connectivity index (χ2v) is 5.37. The Kier molecular flexibility index (Phi) is 3.87. The minimum atomic E-state index is -1.03. The van der Waals surface area contributed by atoms with Crippen LogP contribution in [-0.2, 0) is 0 Å². The summed E-state index contributed by atoms with van der Waals surface area (Å²) in [7, 11) is 0. The summed E-state index contributed by atoms with van der Waals surface area (Å²) in [6.07, 6.45) is 1.37. The second kappa shape index (κ2) is 6.00. The summed E-state index contributed by atoms with van der Waals surface area (Å²) < 4.78 is 0. The molecule has 0 aliphatic carbocycles. The summed E-state index contributed by atoms with van der Waals surface area (Å²) in [5, 5.41) is 12.1. The summed E-state index contributed by atoms with van der Waals surface area (Å²) in [6.45, 7) is 1.64. The fraction of sp³-hybridized carbons (Fsp3) is 0.0556. The molecule has 6 nitrogen and oxygen atoms in total. The van der Waals surface area contributed by atoms with Gasteiger partial charge in [-0.25, -0.2) is 4.79 Å². The summed E-state index contributed by atoms with van der Waals surface area (Å²) in [5.74, 6) is -1.58. The van der Waals surface area contributed by atoms with E-state index in [1.807, 2.05) is 0 Å². The van der Waals surface area contributed by atoms with Crippen molar-refractivity contribution in [3.05, 3.63) is 75.6 Å². The largest absolute Gasteiger partial charge is 0.478 e. The number of hydrogen-bond acceptors (Lipinski definition) is 3. The van der Waals surface area contributed by atoms with Gasteiger partial charge >= 0.3 is 5.97 Å². The van der Waals surface area contributed by atoms with Gasteiger partial charge in [0.05, 0.1) is 5.56 Å². The molecule has 0 atom stereocenters. The zero-order valence-corrected chi connectivity index (χ0v) is 12.8. The van der Waals surface area contributed by atoms with Crippen molar-refractivity contribution < 1.29 is 14.7 Å². The molecule has 120 valence electrons. The number of rotatable bonds is 3. The number of carboxylic acids is 1. The number of benzene rings is 2. The fourth-order valence-electron chi connectivity index (χ4n) is 2.52. The van der Waals surface area contributed by atoms with Crippen molar-refractivity contribution in [3.63, 3.8) is 0 Å². The van der Waals surface area contributed by atoms with Gasteiger partial charge in [-0.1, -0.05) is 12.1 Å². The lowest BCUT2D eigenvalue weighted by molar-refractivity contribution is 0.0696. The van der Waals surface area contributed by atoms with Crippen molar-refractivity contribution in [1.29, 1.82) is 0 Å². The Morgan fingerprint density at radius 3 is 2.54 bits per heavy atom. The molecule has 0 aliphatic rings. The van der Waals surface area contributed by atoms with Crippen molar-refractivity contribution >= 4 is 28.5 Å². The number of carbonyl (C=O) groups is 2. The highest BCUT2D eigenvalue weighted by molar-refractivity contribution is 6.06. The van der Waals surface area contributed by atoms with Gasteiger partial charge in [0, 0.05) is 22.8 Å². The molecule has 0 saturated heterocycles. The van der Waals surface area contributed by atoms with Gasteiger partial charge in [-0.05, 0) is 42.8 Å². The van der Waals surface area contributed by atoms with Crippen LogP contribution in [0.4, 0.5) is 5.69 Å². The fourth-order valence-corrected chi connectivity index (χ4v) is 2.52. The van der Waals surface area contributed by atoms with Crippen LogP contribution in [0.5, 0.6) is 0 Å². The second-order valence-electron chi connectivity index (χ2n) is 5.37. The molecule has 0 unspecified atom stereocenters. The van der Waals surface area contributed by atoms with Gasteiger partial charge in [0.25, 0.3) is 5.91 Å². The van der Waals surface area contributed by atoms with Gasteiger partial charge in [-0.3, -0.25) is 9.59 Å². The van der Waals surface area contributed by atoms with Crippen molar-refractivity contribution in [3.8, 4) is 0 Å². The van der Waals surface area contributed by atoms with Crippen molar-refractivity contribution in [1.82, 2.24) is 4.98 Å². The molecular weight excluding hydrogens is 308 g/mol. The van der Waals surface area contributed by atoms with E-state index in [4.69, 9.17) is 5.11 Å². The Labute approximate surface area is 136 Å². The van der Waals surface area contributed by atoms with E-state index < -0.39 is 11.9 Å². The van der Waals surface area contributed by atoms with Crippen LogP contribution >= 0.6 is 0 Å². The van der Waals surface area contributed by atoms with Crippen LogP contribution in [-0.4, -0.2) is 22.0 Å². The lowest BCUT2D eigenvalue weighted by Crippen LogP contribution is -2.22. The normalized spacial score (nSPS) is 10.5. The molecule has 24 heavy (non-hydrogen) atoms. The van der Waals surface area contributed by atoms with E-state index in [-0.39, 0.29) is 16.6 Å². The third-order valence-electron chi connectivity index (χ3n) is 3.75. The molecule has 1 amide bonds. The number of H-pyrrole nitrogens is 1. The van der Waals surface area contributed by atoms with Crippen molar-refractivity contribution in [2.75, 3.05) is 5.32 Å². The molecule has 0 saturated carbocycles. The number of carboxylic acid groups (broad SMARTS) is 1. The predicted molar refractivity (Wildman–Crippen MR) is 90.7 cm³/mol. The molecule has 3 N–H and O–H groups in total. The highest BCUT2D eigenvalue weighted by atomic mass is 16.4. The lowest BCUT2D eigenvalue weighted by Gasteiger charge is -2.08. The molecule has 0 radical (unpaired) electrons. The van der Waals surface area contributed by atoms with E-state index >= 15 is 0 Å². The zero-order chi connectivity index (χ0) is 17.3. The monoisotopic (exact) mass is 322 g/mol. The minimum absolute atomic E-state index is 0.00587. The number of aromatic carboxylic acids is 1. The average Bonchev–Trinajstić information content (AvgIpc) is 2.55. The van der Waals surface area contributed by atoms with E-state index in [1.165, 1.54) is 18.3 Å². The number of pyridine rings is 1. The maximum Gasteiger partial charge on any atom is 0.335 e. The van der Waals surface area contributed by atoms with E-state index in [1.54, 1.807) is 37.3 Å². The first-order valence-electron chi connectivity index (χ1n) is 7.23. The summed E-state index contributed by atoms with van der Waals surface area (Å²) in [4.78, 5) is 38.7. The quantitative estimate of drug-likeness (QED) is 0.690. The third kappa shape index (κ3) is 2.77. The zero-order valence-electron chi connectivity index (χ0n) is 12.8. The summed E-state index contributed by atoms with van der Waals surface area (Å²) >= 11 is 0. The van der Waals surface area contributed by atoms with E-state index in [0.29, 0.717) is 22.2 Å². The number of anilines is 1. The molecule has 6 heteroatoms. The number of nitrogens with one attached hydrogen (secondary N) is 2. The minimum Gasteiger partial charge on any atom is -0.478 e. The molecular formula is C18H14N2O4. The number of para-hydroxylation sites is 1. The van der Waals surface area contributed by atoms with Crippen LogP contribution in [0.1, 0.15) is 26.3 Å². The molecule has 0 aliphatic heterocycles. The number of fused-ring (bicyclic) bond motifs is 1. The molecule has 0 bridgehead atoms. The SMILES string of the molecule is Cc1cc(NC(=O)c2c[nH]c3ccccc3c2=O)ccc1C(=O)O. The van der Waals surface area contributed by atoms with Crippen LogP contribution in [0.3, 0.4) is 0 Å². The van der Waals surface area contributed by atoms with E-state index in [2.05, 4.69) is 10.3 Å². The molecule has 3 rings (SSSR count). The van der Waals surface area contributed by atoms with Crippen LogP contribution in [0, 0.1) is 6.92 Å². The van der Waals surface area contributed by atoms with Gasteiger partial charge in [0.2, 0.25) is 5.43 Å². The highest BCUT2D eigenvalue weighted by Crippen LogP contribution is 2.16. The summed E-state index contributed by atoms with van der Waals surface area (Å²) in [6, 6.07) is 11.4. The van der Waals surface area contributed by atoms with Crippen LogP contribution in [0.25, 0.3) is 10.9 Å². The van der Waals surface area contributed by atoms with Crippen LogP contribution in [0.2, 0.25) is 0 Å². The van der Waals surface area contributed by atoms with Gasteiger partial charge < -0.3 is 15.4 Å². The van der Waals surface area contributed by atoms with Crippen molar-refractivity contribution in [2.24, 2.45) is 0 Å². The molecule has 0 spiro atoms. The van der Waals surface area contributed by atoms with E-state index in [9.17, 15) is 14.4 Å². The molecule has 2 aromatic carbocycles. The maximum absolute atomic E-state index is 12.4. The predicted octanol–water partition coefficient (Wildman–Crippen LogP) is 2.79. The first-order chi connectivity index (χ1) is 11.5. The molecule has 0 fully saturated rings. The lowest BCUT2D eigenvalue weighted by atomic mass is 10.1. The Morgan fingerprint density at radius 2 is 1.83 bits per heavy atom. The number of aromatic nitrogens is 1. The molecule has 1 aromatic heterocycles. The van der Waals surface area contributed by atoms with Crippen molar-refractivity contribution in [2.45, 2.75) is 6.92 Å². The number of amides is 1. The molecule has 3 aromatic rings. The Hall–Kier alpha value is -3.41. The van der Waals surface area contributed by atoms with Crippen LogP contribution < -0.4 is 10.7 Å². The van der Waals surface area contributed by atoms with Crippen LogP contribution in [0.15, 0.2) is 53.5 Å². The summed E-state index contributed by atoms with van der Waals surface area (Å²) in [5.41, 5.74) is 1.40. The van der Waals surface area contributed by atoms with E-state index in [0.717, 1.165) is 0 Å². The standard InChI is InChI=1S/C18H14N2O4/c1-10-8-11(6-7-12(10)18(23)24)20-17(22)14-9-19-15-5-3-2-4-13(15)16(14)21/h2-9H,1H3,(H,19,21)(H,20,22)(H,23,24). The highest BCUT2D eigenvalue weighted by Gasteiger charge is 2.14. The first kappa shape index (κ1) is 15.5. The maximum atomic E-state index is 12.4. The van der Waals surface area contributed by atoms with Gasteiger partial charge in [0.1, 0.15) is 5.56 Å². The first-order valence-corrected chi connectivity index (χ1v) is 7.23. The van der Waals surface area contributed by atoms with Gasteiger partial charge in [-0.2, -0.15) is 0 Å². The van der Waals surface area contributed by atoms with Gasteiger partial charge in [-0.15, -0.1) is 0 Å². The van der Waals surface area contributed by atoms with Gasteiger partial charge in [0.15, 0.2) is 0 Å². The number of aromatic amines is 1. The average molecular weight is 322 g/mol. The molecule has 1 heterocycles. The topological polar surface area (TPSA) is 99.3 Å². The smallest absolute Gasteiger partial charge is 0.335 e. The number of carbonyl (C=O) groups excluding carboxylic acids is 1. The Bertz CT molecular complexity index is 1020. The number of hydrogen-bond donors (Lipinski definition) is 3. The number of aryl methyl sites for hydroxylation is 1.